The minimum atomic E-state index is -3.46. The van der Waals surface area contributed by atoms with Crippen LogP contribution in [0.4, 0.5) is 0 Å². The van der Waals surface area contributed by atoms with E-state index in [9.17, 15) is 13.2 Å². The quantitative estimate of drug-likeness (QED) is 0.863. The molecule has 122 valence electrons. The third-order valence-corrected chi connectivity index (χ3v) is 5.35. The van der Waals surface area contributed by atoms with E-state index in [1.54, 1.807) is 11.8 Å². The lowest BCUT2D eigenvalue weighted by atomic mass is 10.1. The first kappa shape index (κ1) is 17.0. The van der Waals surface area contributed by atoms with Crippen LogP contribution in [-0.4, -0.2) is 44.1 Å². The van der Waals surface area contributed by atoms with E-state index in [2.05, 4.69) is 4.72 Å². The average Bonchev–Trinajstić information content (AvgIpc) is 2.54. The molecule has 1 fully saturated rings. The Bertz CT molecular complexity index is 581. The van der Waals surface area contributed by atoms with Crippen LogP contribution in [0.15, 0.2) is 30.3 Å². The zero-order valence-corrected chi connectivity index (χ0v) is 13.8. The Hall–Kier alpha value is -1.40. The summed E-state index contributed by atoms with van der Waals surface area (Å²) in [5, 5.41) is 0. The molecule has 1 atom stereocenters. The van der Waals surface area contributed by atoms with Crippen LogP contribution in [-0.2, 0) is 21.2 Å². The maximum atomic E-state index is 12.2. The van der Waals surface area contributed by atoms with Gasteiger partial charge in [0.15, 0.2) is 0 Å². The van der Waals surface area contributed by atoms with Crippen molar-refractivity contribution in [3.8, 4) is 0 Å². The number of benzene rings is 1. The predicted octanol–water partition coefficient (Wildman–Crippen LogP) is 1.55. The fourth-order valence-corrected chi connectivity index (χ4v) is 3.93. The van der Waals surface area contributed by atoms with Crippen LogP contribution in [0.5, 0.6) is 0 Å². The highest BCUT2D eigenvalue weighted by molar-refractivity contribution is 7.89. The number of sulfonamides is 1. The second-order valence-corrected chi connectivity index (χ2v) is 7.65. The minimum Gasteiger partial charge on any atom is -0.341 e. The molecule has 1 saturated heterocycles. The molecule has 0 spiro atoms. The van der Waals surface area contributed by atoms with E-state index in [1.807, 2.05) is 30.3 Å². The van der Waals surface area contributed by atoms with E-state index in [-0.39, 0.29) is 11.7 Å². The average molecular weight is 324 g/mol. The second kappa shape index (κ2) is 7.74. The van der Waals surface area contributed by atoms with Gasteiger partial charge in [-0.3, -0.25) is 4.79 Å². The van der Waals surface area contributed by atoms with Crippen molar-refractivity contribution in [1.82, 2.24) is 9.62 Å². The van der Waals surface area contributed by atoms with E-state index in [0.29, 0.717) is 6.42 Å². The number of nitrogens with zero attached hydrogens (tertiary/aromatic N) is 1. The topological polar surface area (TPSA) is 66.5 Å². The Morgan fingerprint density at radius 3 is 2.45 bits per heavy atom. The molecule has 0 aromatic heterocycles. The zero-order valence-electron chi connectivity index (χ0n) is 13.0. The van der Waals surface area contributed by atoms with Gasteiger partial charge in [-0.2, -0.15) is 0 Å². The van der Waals surface area contributed by atoms with Crippen LogP contribution >= 0.6 is 0 Å². The molecule has 5 nitrogen and oxygen atoms in total. The maximum Gasteiger partial charge on any atom is 0.240 e. The first-order chi connectivity index (χ1) is 10.5. The summed E-state index contributed by atoms with van der Waals surface area (Å²) in [6, 6.07) is 8.78. The second-order valence-electron chi connectivity index (χ2n) is 5.78. The van der Waals surface area contributed by atoms with Crippen molar-refractivity contribution in [3.05, 3.63) is 35.9 Å². The Balaban J connectivity index is 1.86. The van der Waals surface area contributed by atoms with Crippen molar-refractivity contribution < 1.29 is 13.2 Å². The highest BCUT2D eigenvalue weighted by Gasteiger charge is 2.25. The van der Waals surface area contributed by atoms with Gasteiger partial charge in [-0.1, -0.05) is 30.3 Å². The number of carbonyl (C=O) groups is 1. The van der Waals surface area contributed by atoms with Crippen LogP contribution in [0.2, 0.25) is 0 Å². The molecule has 1 amide bonds. The summed E-state index contributed by atoms with van der Waals surface area (Å²) in [7, 11) is -3.46. The molecule has 1 aromatic rings. The summed E-state index contributed by atoms with van der Waals surface area (Å²) < 4.78 is 26.7. The molecular formula is C16H24N2O3S. The Kier molecular flexibility index (Phi) is 5.97. The van der Waals surface area contributed by atoms with Crippen molar-refractivity contribution in [2.24, 2.45) is 0 Å². The third-order valence-electron chi connectivity index (χ3n) is 3.90. The van der Waals surface area contributed by atoms with E-state index in [1.165, 1.54) is 0 Å². The van der Waals surface area contributed by atoms with Crippen LogP contribution in [0.1, 0.15) is 31.7 Å². The number of rotatable bonds is 6. The Labute approximate surface area is 132 Å². The smallest absolute Gasteiger partial charge is 0.240 e. The maximum absolute atomic E-state index is 12.2. The van der Waals surface area contributed by atoms with Gasteiger partial charge >= 0.3 is 0 Å². The summed E-state index contributed by atoms with van der Waals surface area (Å²) >= 11 is 0. The highest BCUT2D eigenvalue weighted by atomic mass is 32.2. The molecule has 1 aliphatic heterocycles. The monoisotopic (exact) mass is 324 g/mol. The predicted molar refractivity (Wildman–Crippen MR) is 87.0 cm³/mol. The van der Waals surface area contributed by atoms with Gasteiger partial charge in [-0.25, -0.2) is 13.1 Å². The lowest BCUT2D eigenvalue weighted by Crippen LogP contribution is -2.49. The summed E-state index contributed by atoms with van der Waals surface area (Å²) in [6.07, 6.45) is 3.58. The largest absolute Gasteiger partial charge is 0.341 e. The molecular weight excluding hydrogens is 300 g/mol. The minimum absolute atomic E-state index is 0.00532. The SMILES string of the molecule is C[C@H](NS(=O)(=O)CCc1ccccc1)C(=O)N1CCCCC1. The molecule has 0 saturated carbocycles. The van der Waals surface area contributed by atoms with Crippen molar-refractivity contribution in [3.63, 3.8) is 0 Å². The summed E-state index contributed by atoms with van der Waals surface area (Å²) in [5.74, 6) is -0.128. The van der Waals surface area contributed by atoms with Crippen molar-refractivity contribution in [1.29, 1.82) is 0 Å². The van der Waals surface area contributed by atoms with Crippen LogP contribution in [0, 0.1) is 0 Å². The molecule has 0 radical (unpaired) electrons. The molecule has 1 aromatic carbocycles. The fraction of sp³-hybridized carbons (Fsp3) is 0.562. The van der Waals surface area contributed by atoms with Gasteiger partial charge in [0.2, 0.25) is 15.9 Å². The van der Waals surface area contributed by atoms with E-state index in [4.69, 9.17) is 0 Å². The Morgan fingerprint density at radius 2 is 1.82 bits per heavy atom. The number of nitrogens with one attached hydrogen (secondary N) is 1. The third kappa shape index (κ3) is 5.10. The van der Waals surface area contributed by atoms with Crippen LogP contribution in [0.25, 0.3) is 0 Å². The molecule has 1 heterocycles. The molecule has 1 N–H and O–H groups in total. The van der Waals surface area contributed by atoms with E-state index < -0.39 is 16.1 Å². The Morgan fingerprint density at radius 1 is 1.18 bits per heavy atom. The number of hydrogen-bond donors (Lipinski definition) is 1. The lowest BCUT2D eigenvalue weighted by molar-refractivity contribution is -0.133. The summed E-state index contributed by atoms with van der Waals surface area (Å²) in [6.45, 7) is 3.08. The van der Waals surface area contributed by atoms with Gasteiger partial charge in [0.1, 0.15) is 0 Å². The zero-order chi connectivity index (χ0) is 16.0. The fourth-order valence-electron chi connectivity index (χ4n) is 2.66. The number of likely N-dealkylation sites (tertiary alicyclic amines) is 1. The van der Waals surface area contributed by atoms with E-state index in [0.717, 1.165) is 37.9 Å². The summed E-state index contributed by atoms with van der Waals surface area (Å²) in [4.78, 5) is 14.0. The number of amides is 1. The highest BCUT2D eigenvalue weighted by Crippen LogP contribution is 2.10. The van der Waals surface area contributed by atoms with Gasteiger partial charge in [0, 0.05) is 13.1 Å². The first-order valence-electron chi connectivity index (χ1n) is 7.81. The number of hydrogen-bond acceptors (Lipinski definition) is 3. The lowest BCUT2D eigenvalue weighted by Gasteiger charge is -2.29. The van der Waals surface area contributed by atoms with Gasteiger partial charge < -0.3 is 4.90 Å². The molecule has 0 bridgehead atoms. The molecule has 0 aliphatic carbocycles. The number of aryl methyl sites for hydroxylation is 1. The summed E-state index contributed by atoms with van der Waals surface area (Å²) in [5.41, 5.74) is 0.975. The molecule has 0 unspecified atom stereocenters. The first-order valence-corrected chi connectivity index (χ1v) is 9.46. The van der Waals surface area contributed by atoms with Gasteiger partial charge in [-0.05, 0) is 38.2 Å². The molecule has 1 aliphatic rings. The van der Waals surface area contributed by atoms with Gasteiger partial charge in [-0.15, -0.1) is 0 Å². The van der Waals surface area contributed by atoms with Crippen LogP contribution < -0.4 is 4.72 Å². The van der Waals surface area contributed by atoms with Crippen molar-refractivity contribution >= 4 is 15.9 Å². The van der Waals surface area contributed by atoms with Gasteiger partial charge in [0.05, 0.1) is 11.8 Å². The normalized spacial score (nSPS) is 17.2. The van der Waals surface area contributed by atoms with Crippen molar-refractivity contribution in [2.75, 3.05) is 18.8 Å². The molecule has 2 rings (SSSR count). The molecule has 22 heavy (non-hydrogen) atoms. The standard InChI is InChI=1S/C16H24N2O3S/c1-14(16(19)18-11-6-3-7-12-18)17-22(20,21)13-10-15-8-4-2-5-9-15/h2,4-5,8-9,14,17H,3,6-7,10-13H2,1H3/t14-/m0/s1. The van der Waals surface area contributed by atoms with Crippen molar-refractivity contribution in [2.45, 2.75) is 38.6 Å². The molecule has 6 heteroatoms. The van der Waals surface area contributed by atoms with Gasteiger partial charge in [0.25, 0.3) is 0 Å². The van der Waals surface area contributed by atoms with E-state index >= 15 is 0 Å². The number of piperidine rings is 1. The van der Waals surface area contributed by atoms with Crippen LogP contribution in [0.3, 0.4) is 0 Å². The number of carbonyl (C=O) groups excluding carboxylic acids is 1.